The zero-order chi connectivity index (χ0) is 14.7. The van der Waals surface area contributed by atoms with Gasteiger partial charge in [0.15, 0.2) is 0 Å². The lowest BCUT2D eigenvalue weighted by molar-refractivity contribution is 0.0935. The van der Waals surface area contributed by atoms with Crippen molar-refractivity contribution in [3.63, 3.8) is 0 Å². The molecule has 0 aliphatic rings. The van der Waals surface area contributed by atoms with Crippen LogP contribution in [0.15, 0.2) is 41.0 Å². The van der Waals surface area contributed by atoms with Crippen molar-refractivity contribution in [3.8, 4) is 0 Å². The fourth-order valence-corrected chi connectivity index (χ4v) is 2.37. The maximum absolute atomic E-state index is 12.1. The molecule has 0 aliphatic carbocycles. The highest BCUT2D eigenvalue weighted by molar-refractivity contribution is 9.10. The monoisotopic (exact) mass is 334 g/mol. The fraction of sp³-hybridized carbons (Fsp3) is 0.312. The smallest absolute Gasteiger partial charge is 0.268 e. The van der Waals surface area contributed by atoms with Crippen molar-refractivity contribution >= 4 is 21.8 Å². The third kappa shape index (κ3) is 3.51. The number of carbonyl (C=O) groups is 1. The van der Waals surface area contributed by atoms with Gasteiger partial charge in [0.05, 0.1) is 6.04 Å². The van der Waals surface area contributed by atoms with Gasteiger partial charge in [-0.2, -0.15) is 0 Å². The molecule has 1 heterocycles. The summed E-state index contributed by atoms with van der Waals surface area (Å²) in [4.78, 5) is 15.0. The average Bonchev–Trinajstić information content (AvgIpc) is 2.85. The van der Waals surface area contributed by atoms with Crippen LogP contribution in [0, 0.1) is 0 Å². The fourth-order valence-electron chi connectivity index (χ4n) is 2.03. The Labute approximate surface area is 127 Å². The molecule has 0 bridgehead atoms. The van der Waals surface area contributed by atoms with Crippen molar-refractivity contribution in [3.05, 3.63) is 57.8 Å². The Balaban J connectivity index is 2.04. The molecule has 2 N–H and O–H groups in total. The highest BCUT2D eigenvalue weighted by Gasteiger charge is 2.13. The second-order valence-electron chi connectivity index (χ2n) is 5.25. The molecule has 0 aliphatic heterocycles. The van der Waals surface area contributed by atoms with E-state index in [-0.39, 0.29) is 11.9 Å². The van der Waals surface area contributed by atoms with E-state index in [1.807, 2.05) is 6.92 Å². The minimum Gasteiger partial charge on any atom is -0.356 e. The molecule has 1 aromatic heterocycles. The molecule has 1 unspecified atom stereocenters. The zero-order valence-corrected chi connectivity index (χ0v) is 13.5. The van der Waals surface area contributed by atoms with Crippen LogP contribution >= 0.6 is 15.9 Å². The molecule has 1 atom stereocenters. The number of halogens is 1. The van der Waals surface area contributed by atoms with E-state index in [1.165, 1.54) is 5.56 Å². The van der Waals surface area contributed by atoms with Gasteiger partial charge in [0.1, 0.15) is 5.69 Å². The Bertz CT molecular complexity index is 587. The summed E-state index contributed by atoms with van der Waals surface area (Å²) in [6.07, 6.45) is 1.75. The number of hydrogen-bond donors (Lipinski definition) is 2. The minimum absolute atomic E-state index is 0.0224. The van der Waals surface area contributed by atoms with Crippen molar-refractivity contribution in [1.82, 2.24) is 10.3 Å². The molecule has 3 nitrogen and oxygen atoms in total. The van der Waals surface area contributed by atoms with Gasteiger partial charge in [-0.1, -0.05) is 38.1 Å². The summed E-state index contributed by atoms with van der Waals surface area (Å²) in [5, 5.41) is 2.98. The number of aromatic nitrogens is 1. The van der Waals surface area contributed by atoms with Crippen LogP contribution in [0.2, 0.25) is 0 Å². The molecule has 0 saturated heterocycles. The summed E-state index contributed by atoms with van der Waals surface area (Å²) < 4.78 is 0.872. The summed E-state index contributed by atoms with van der Waals surface area (Å²) in [5.41, 5.74) is 2.97. The Hall–Kier alpha value is -1.55. The van der Waals surface area contributed by atoms with Crippen molar-refractivity contribution in [2.75, 3.05) is 0 Å². The molecule has 106 valence electrons. The first-order valence-electron chi connectivity index (χ1n) is 6.72. The highest BCUT2D eigenvalue weighted by Crippen LogP contribution is 2.19. The van der Waals surface area contributed by atoms with Crippen LogP contribution in [0.3, 0.4) is 0 Å². The number of carbonyl (C=O) groups excluding carboxylic acids is 1. The quantitative estimate of drug-likeness (QED) is 0.855. The number of benzene rings is 1. The van der Waals surface area contributed by atoms with E-state index in [1.54, 1.807) is 12.3 Å². The van der Waals surface area contributed by atoms with E-state index in [0.717, 1.165) is 10.0 Å². The molecule has 0 fully saturated rings. The second-order valence-corrected chi connectivity index (χ2v) is 6.16. The van der Waals surface area contributed by atoms with Crippen LogP contribution in [-0.2, 0) is 0 Å². The van der Waals surface area contributed by atoms with Gasteiger partial charge in [-0.25, -0.2) is 0 Å². The molecule has 0 saturated carbocycles. The Morgan fingerprint density at radius 1 is 1.15 bits per heavy atom. The zero-order valence-electron chi connectivity index (χ0n) is 11.9. The van der Waals surface area contributed by atoms with Gasteiger partial charge in [-0.15, -0.1) is 0 Å². The molecule has 4 heteroatoms. The third-order valence-electron chi connectivity index (χ3n) is 3.34. The number of hydrogen-bond acceptors (Lipinski definition) is 1. The van der Waals surface area contributed by atoms with Gasteiger partial charge in [-0.05, 0) is 46.0 Å². The van der Waals surface area contributed by atoms with E-state index in [4.69, 9.17) is 0 Å². The summed E-state index contributed by atoms with van der Waals surface area (Å²) in [7, 11) is 0. The first-order chi connectivity index (χ1) is 9.47. The van der Waals surface area contributed by atoms with Gasteiger partial charge in [0.25, 0.3) is 5.91 Å². The lowest BCUT2D eigenvalue weighted by Gasteiger charge is -2.15. The summed E-state index contributed by atoms with van der Waals surface area (Å²) in [5.74, 6) is 0.418. The predicted molar refractivity (Wildman–Crippen MR) is 84.9 cm³/mol. The molecule has 1 amide bonds. The van der Waals surface area contributed by atoms with Gasteiger partial charge in [0.2, 0.25) is 0 Å². The van der Waals surface area contributed by atoms with Crippen molar-refractivity contribution in [1.29, 1.82) is 0 Å². The number of aromatic amines is 1. The lowest BCUT2D eigenvalue weighted by atomic mass is 9.99. The molecule has 2 rings (SSSR count). The maximum Gasteiger partial charge on any atom is 0.268 e. The SMILES string of the molecule is CC(C)c1ccc(C(C)NC(=O)c2cc(Br)c[nH]2)cc1. The third-order valence-corrected chi connectivity index (χ3v) is 3.80. The average molecular weight is 335 g/mol. The largest absolute Gasteiger partial charge is 0.356 e. The van der Waals surface area contributed by atoms with Crippen LogP contribution in [0.25, 0.3) is 0 Å². The van der Waals surface area contributed by atoms with E-state index in [2.05, 4.69) is 64.3 Å². The predicted octanol–water partition coefficient (Wildman–Crippen LogP) is 4.39. The molecular weight excluding hydrogens is 316 g/mol. The van der Waals surface area contributed by atoms with Gasteiger partial charge >= 0.3 is 0 Å². The molecular formula is C16H19BrN2O. The minimum atomic E-state index is -0.101. The Kier molecular flexibility index (Phi) is 4.65. The van der Waals surface area contributed by atoms with Crippen LogP contribution in [0.1, 0.15) is 54.3 Å². The van der Waals surface area contributed by atoms with Crippen LogP contribution in [0.5, 0.6) is 0 Å². The van der Waals surface area contributed by atoms with Crippen molar-refractivity contribution in [2.24, 2.45) is 0 Å². The van der Waals surface area contributed by atoms with Gasteiger partial charge in [0, 0.05) is 10.7 Å². The van der Waals surface area contributed by atoms with Crippen molar-refractivity contribution < 1.29 is 4.79 Å². The first-order valence-corrected chi connectivity index (χ1v) is 7.51. The Morgan fingerprint density at radius 2 is 1.75 bits per heavy atom. The highest BCUT2D eigenvalue weighted by atomic mass is 79.9. The second kappa shape index (κ2) is 6.27. The topological polar surface area (TPSA) is 44.9 Å². The number of H-pyrrole nitrogens is 1. The molecule has 2 aromatic rings. The Morgan fingerprint density at radius 3 is 2.25 bits per heavy atom. The van der Waals surface area contributed by atoms with Gasteiger partial charge in [-0.3, -0.25) is 4.79 Å². The summed E-state index contributed by atoms with van der Waals surface area (Å²) >= 11 is 3.32. The normalized spacial score (nSPS) is 12.4. The van der Waals surface area contributed by atoms with E-state index in [9.17, 15) is 4.79 Å². The number of rotatable bonds is 4. The molecule has 0 radical (unpaired) electrons. The van der Waals surface area contributed by atoms with Crippen LogP contribution < -0.4 is 5.32 Å². The van der Waals surface area contributed by atoms with Crippen molar-refractivity contribution in [2.45, 2.75) is 32.7 Å². The molecule has 0 spiro atoms. The van der Waals surface area contributed by atoms with E-state index < -0.39 is 0 Å². The summed E-state index contributed by atoms with van der Waals surface area (Å²) in [6, 6.07) is 10.1. The van der Waals surface area contributed by atoms with E-state index >= 15 is 0 Å². The summed E-state index contributed by atoms with van der Waals surface area (Å²) in [6.45, 7) is 6.33. The van der Waals surface area contributed by atoms with Gasteiger partial charge < -0.3 is 10.3 Å². The standard InChI is InChI=1S/C16H19BrN2O/c1-10(2)12-4-6-13(7-5-12)11(3)19-16(20)15-8-14(17)9-18-15/h4-11,18H,1-3H3,(H,19,20). The molecule has 1 aromatic carbocycles. The maximum atomic E-state index is 12.1. The van der Waals surface area contributed by atoms with Crippen LogP contribution in [-0.4, -0.2) is 10.9 Å². The first kappa shape index (κ1) is 14.9. The number of amides is 1. The van der Waals surface area contributed by atoms with Crippen LogP contribution in [0.4, 0.5) is 0 Å². The van der Waals surface area contributed by atoms with E-state index in [0.29, 0.717) is 11.6 Å². The lowest BCUT2D eigenvalue weighted by Crippen LogP contribution is -2.26. The number of nitrogens with one attached hydrogen (secondary N) is 2. The molecule has 20 heavy (non-hydrogen) atoms.